The first-order chi connectivity index (χ1) is 10.2. The molecule has 21 heavy (non-hydrogen) atoms. The smallest absolute Gasteiger partial charge is 0.219 e. The Balaban J connectivity index is 1.97. The highest BCUT2D eigenvalue weighted by Gasteiger charge is 2.04. The van der Waals surface area contributed by atoms with Gasteiger partial charge in [-0.15, -0.1) is 0 Å². The molecular weight excluding hydrogens is 264 g/mol. The maximum absolute atomic E-state index is 5.74. The van der Waals surface area contributed by atoms with Crippen molar-refractivity contribution in [3.63, 3.8) is 0 Å². The lowest BCUT2D eigenvalue weighted by molar-refractivity contribution is 0.202. The highest BCUT2D eigenvalue weighted by molar-refractivity contribution is 5.31. The lowest BCUT2D eigenvalue weighted by Gasteiger charge is -2.11. The summed E-state index contributed by atoms with van der Waals surface area (Å²) in [7, 11) is 3.64. The number of ether oxygens (including phenoxy) is 2. The Morgan fingerprint density at radius 2 is 1.90 bits per heavy atom. The summed E-state index contributed by atoms with van der Waals surface area (Å²) in [5.74, 6) is 1.39. The predicted octanol–water partition coefficient (Wildman–Crippen LogP) is 3.34. The minimum Gasteiger partial charge on any atom is -0.439 e. The van der Waals surface area contributed by atoms with Crippen molar-refractivity contribution in [3.8, 4) is 11.6 Å². The highest BCUT2D eigenvalue weighted by atomic mass is 16.5. The molecule has 1 unspecified atom stereocenters. The van der Waals surface area contributed by atoms with Crippen molar-refractivity contribution in [2.24, 2.45) is 0 Å². The average Bonchev–Trinajstić information content (AvgIpc) is 2.54. The molecule has 0 fully saturated rings. The molecule has 4 nitrogen and oxygen atoms in total. The summed E-state index contributed by atoms with van der Waals surface area (Å²) in [6.07, 6.45) is 2.75. The molecule has 2 aromatic rings. The van der Waals surface area contributed by atoms with E-state index in [0.717, 1.165) is 24.3 Å². The van der Waals surface area contributed by atoms with E-state index in [1.807, 2.05) is 49.6 Å². The molecule has 0 saturated carbocycles. The van der Waals surface area contributed by atoms with E-state index in [2.05, 4.69) is 17.2 Å². The maximum atomic E-state index is 5.74. The van der Waals surface area contributed by atoms with Gasteiger partial charge in [-0.25, -0.2) is 4.98 Å². The summed E-state index contributed by atoms with van der Waals surface area (Å²) in [4.78, 5) is 4.33. The molecule has 0 aliphatic carbocycles. The van der Waals surface area contributed by atoms with Gasteiger partial charge in [-0.05, 0) is 43.7 Å². The van der Waals surface area contributed by atoms with Gasteiger partial charge in [0.15, 0.2) is 0 Å². The van der Waals surface area contributed by atoms with Gasteiger partial charge in [-0.2, -0.15) is 0 Å². The fourth-order valence-electron chi connectivity index (χ4n) is 1.94. The van der Waals surface area contributed by atoms with Crippen molar-refractivity contribution in [1.82, 2.24) is 10.3 Å². The number of methoxy groups -OCH3 is 1. The zero-order valence-electron chi connectivity index (χ0n) is 12.8. The number of hydrogen-bond acceptors (Lipinski definition) is 4. The molecule has 0 amide bonds. The van der Waals surface area contributed by atoms with Gasteiger partial charge in [0, 0.05) is 25.4 Å². The number of nitrogens with zero attached hydrogens (tertiary/aromatic N) is 1. The van der Waals surface area contributed by atoms with Crippen LogP contribution in [0.1, 0.15) is 24.1 Å². The van der Waals surface area contributed by atoms with Crippen LogP contribution in [0, 0.1) is 0 Å². The van der Waals surface area contributed by atoms with Gasteiger partial charge < -0.3 is 14.8 Å². The van der Waals surface area contributed by atoms with Crippen LogP contribution in [0.2, 0.25) is 0 Å². The van der Waals surface area contributed by atoms with Gasteiger partial charge in [0.25, 0.3) is 0 Å². The minimum absolute atomic E-state index is 0.284. The first-order valence-corrected chi connectivity index (χ1v) is 7.12. The van der Waals surface area contributed by atoms with Crippen molar-refractivity contribution in [3.05, 3.63) is 53.7 Å². The summed E-state index contributed by atoms with van der Waals surface area (Å²) in [6.45, 7) is 2.82. The predicted molar refractivity (Wildman–Crippen MR) is 83.8 cm³/mol. The van der Waals surface area contributed by atoms with E-state index in [1.165, 1.54) is 5.56 Å². The Bertz CT molecular complexity index is 538. The number of benzene rings is 1. The number of rotatable bonds is 7. The molecule has 0 spiro atoms. The van der Waals surface area contributed by atoms with Gasteiger partial charge in [-0.3, -0.25) is 0 Å². The largest absolute Gasteiger partial charge is 0.439 e. The van der Waals surface area contributed by atoms with E-state index in [-0.39, 0.29) is 6.04 Å². The molecule has 1 atom stereocenters. The van der Waals surface area contributed by atoms with Crippen LogP contribution in [-0.2, 0) is 11.2 Å². The van der Waals surface area contributed by atoms with Gasteiger partial charge in [0.2, 0.25) is 5.88 Å². The molecule has 0 bridgehead atoms. The molecule has 4 heteroatoms. The van der Waals surface area contributed by atoms with Crippen LogP contribution < -0.4 is 10.1 Å². The molecular formula is C17H22N2O2. The van der Waals surface area contributed by atoms with Crippen molar-refractivity contribution >= 4 is 0 Å². The zero-order valence-corrected chi connectivity index (χ0v) is 12.8. The van der Waals surface area contributed by atoms with Crippen molar-refractivity contribution in [2.45, 2.75) is 19.4 Å². The van der Waals surface area contributed by atoms with Crippen LogP contribution in [0.25, 0.3) is 0 Å². The van der Waals surface area contributed by atoms with Crippen LogP contribution in [0.4, 0.5) is 0 Å². The van der Waals surface area contributed by atoms with Crippen molar-refractivity contribution in [2.75, 3.05) is 20.8 Å². The Morgan fingerprint density at radius 3 is 2.48 bits per heavy atom. The van der Waals surface area contributed by atoms with Crippen molar-refractivity contribution in [1.29, 1.82) is 0 Å². The van der Waals surface area contributed by atoms with E-state index < -0.39 is 0 Å². The molecule has 0 radical (unpaired) electrons. The van der Waals surface area contributed by atoms with Gasteiger partial charge in [0.1, 0.15) is 5.75 Å². The average molecular weight is 286 g/mol. The summed E-state index contributed by atoms with van der Waals surface area (Å²) >= 11 is 0. The number of hydrogen-bond donors (Lipinski definition) is 1. The summed E-state index contributed by atoms with van der Waals surface area (Å²) in [5.41, 5.74) is 2.37. The molecule has 112 valence electrons. The first-order valence-electron chi connectivity index (χ1n) is 7.12. The molecule has 0 aliphatic heterocycles. The van der Waals surface area contributed by atoms with Crippen molar-refractivity contribution < 1.29 is 9.47 Å². The molecule has 1 aromatic heterocycles. The second kappa shape index (κ2) is 7.76. The highest BCUT2D eigenvalue weighted by Crippen LogP contribution is 2.21. The lowest BCUT2D eigenvalue weighted by Crippen LogP contribution is -2.12. The zero-order chi connectivity index (χ0) is 15.1. The minimum atomic E-state index is 0.284. The quantitative estimate of drug-likeness (QED) is 0.847. The van der Waals surface area contributed by atoms with Crippen LogP contribution in [0.3, 0.4) is 0 Å². The normalized spacial score (nSPS) is 12.1. The fraction of sp³-hybridized carbons (Fsp3) is 0.353. The third-order valence-electron chi connectivity index (χ3n) is 3.43. The fourth-order valence-corrected chi connectivity index (χ4v) is 1.94. The SMILES string of the molecule is CNC(C)c1ccc(Oc2ccc(CCOC)cc2)nc1. The van der Waals surface area contributed by atoms with E-state index in [9.17, 15) is 0 Å². The molecule has 2 rings (SSSR count). The summed E-state index contributed by atoms with van der Waals surface area (Å²) < 4.78 is 10.8. The number of aromatic nitrogens is 1. The third kappa shape index (κ3) is 4.55. The van der Waals surface area contributed by atoms with Crippen LogP contribution in [0.15, 0.2) is 42.6 Å². The standard InChI is InChI=1S/C17H22N2O2/c1-13(18-2)15-6-9-17(19-12-15)21-16-7-4-14(5-8-16)10-11-20-3/h4-9,12-13,18H,10-11H2,1-3H3. The van der Waals surface area contributed by atoms with Crippen LogP contribution >= 0.6 is 0 Å². The number of pyridine rings is 1. The van der Waals surface area contributed by atoms with Crippen LogP contribution in [0.5, 0.6) is 11.6 Å². The topological polar surface area (TPSA) is 43.4 Å². The van der Waals surface area contributed by atoms with Gasteiger partial charge in [0.05, 0.1) is 6.61 Å². The summed E-state index contributed by atoms with van der Waals surface area (Å²) in [6, 6.07) is 12.2. The van der Waals surface area contributed by atoms with Gasteiger partial charge >= 0.3 is 0 Å². The van der Waals surface area contributed by atoms with E-state index in [1.54, 1.807) is 7.11 Å². The maximum Gasteiger partial charge on any atom is 0.219 e. The Kier molecular flexibility index (Phi) is 5.72. The second-order valence-corrected chi connectivity index (χ2v) is 4.93. The Labute approximate surface area is 126 Å². The molecule has 0 saturated heterocycles. The molecule has 1 heterocycles. The molecule has 1 aromatic carbocycles. The second-order valence-electron chi connectivity index (χ2n) is 4.93. The van der Waals surface area contributed by atoms with Gasteiger partial charge in [-0.1, -0.05) is 18.2 Å². The third-order valence-corrected chi connectivity index (χ3v) is 3.43. The number of nitrogens with one attached hydrogen (secondary N) is 1. The first kappa shape index (κ1) is 15.5. The van der Waals surface area contributed by atoms with E-state index in [0.29, 0.717) is 5.88 Å². The summed E-state index contributed by atoms with van der Waals surface area (Å²) in [5, 5.41) is 3.18. The Morgan fingerprint density at radius 1 is 1.14 bits per heavy atom. The molecule has 1 N–H and O–H groups in total. The Hall–Kier alpha value is -1.91. The monoisotopic (exact) mass is 286 g/mol. The van der Waals surface area contributed by atoms with Crippen LogP contribution in [-0.4, -0.2) is 25.7 Å². The molecule has 0 aliphatic rings. The van der Waals surface area contributed by atoms with E-state index >= 15 is 0 Å². The van der Waals surface area contributed by atoms with E-state index in [4.69, 9.17) is 9.47 Å². The lowest BCUT2D eigenvalue weighted by atomic mass is 10.1.